The highest BCUT2D eigenvalue weighted by molar-refractivity contribution is 5.81. The molecule has 2 N–H and O–H groups in total. The lowest BCUT2D eigenvalue weighted by molar-refractivity contribution is -0.0867. The monoisotopic (exact) mass is 203 g/mol. The molecule has 0 aliphatic carbocycles. The van der Waals surface area contributed by atoms with Gasteiger partial charge in [0.15, 0.2) is 0 Å². The van der Waals surface area contributed by atoms with E-state index in [1.165, 1.54) is 21.7 Å². The van der Waals surface area contributed by atoms with Crippen LogP contribution >= 0.6 is 0 Å². The van der Waals surface area contributed by atoms with Gasteiger partial charge in [-0.3, -0.25) is 0 Å². The van der Waals surface area contributed by atoms with Crippen LogP contribution in [0.15, 0.2) is 18.3 Å². The van der Waals surface area contributed by atoms with E-state index < -0.39 is 0 Å². The normalized spacial score (nSPS) is 17.7. The zero-order valence-electron chi connectivity index (χ0n) is 8.40. The molecular formula is C11H13N3O. The first-order valence-electron chi connectivity index (χ1n) is 5.23. The van der Waals surface area contributed by atoms with Gasteiger partial charge in [0.05, 0.1) is 0 Å². The molecule has 2 aromatic rings. The number of aromatic nitrogens is 2. The molecule has 0 saturated heterocycles. The largest absolute Gasteiger partial charge is 0.343 e. The van der Waals surface area contributed by atoms with Gasteiger partial charge in [0.25, 0.3) is 0 Å². The van der Waals surface area contributed by atoms with Crippen molar-refractivity contribution in [2.75, 3.05) is 13.1 Å². The van der Waals surface area contributed by atoms with Gasteiger partial charge >= 0.3 is 0 Å². The third kappa shape index (κ3) is 1.42. The fourth-order valence-electron chi connectivity index (χ4n) is 2.22. The minimum atomic E-state index is 0.694. The van der Waals surface area contributed by atoms with Crippen molar-refractivity contribution in [1.82, 2.24) is 15.0 Å². The fraction of sp³-hybridized carbons (Fsp3) is 0.364. The topological polar surface area (TPSA) is 52.1 Å². The number of hydroxylamine groups is 2. The van der Waals surface area contributed by atoms with Crippen LogP contribution in [-0.4, -0.2) is 33.3 Å². The molecule has 0 atom stereocenters. The number of fused-ring (bicyclic) bond motifs is 3. The maximum absolute atomic E-state index is 9.46. The van der Waals surface area contributed by atoms with Gasteiger partial charge in [-0.25, -0.2) is 4.98 Å². The number of hydrogen-bond donors (Lipinski definition) is 2. The summed E-state index contributed by atoms with van der Waals surface area (Å²) < 4.78 is 0. The van der Waals surface area contributed by atoms with Gasteiger partial charge in [-0.15, -0.1) is 0 Å². The van der Waals surface area contributed by atoms with Crippen LogP contribution in [0.5, 0.6) is 0 Å². The second-order valence-corrected chi connectivity index (χ2v) is 3.94. The SMILES string of the molecule is ON1CCc2[nH]c3ncccc3c2CC1. The first-order valence-corrected chi connectivity index (χ1v) is 5.23. The molecule has 3 rings (SSSR count). The summed E-state index contributed by atoms with van der Waals surface area (Å²) in [5, 5.41) is 12.0. The van der Waals surface area contributed by atoms with Gasteiger partial charge in [0.2, 0.25) is 0 Å². The standard InChI is InChI=1S/C11H13N3O/c15-14-6-3-8-9-2-1-5-12-11(9)13-10(8)4-7-14/h1-2,5,15H,3-4,6-7H2,(H,12,13). The van der Waals surface area contributed by atoms with Gasteiger partial charge in [-0.1, -0.05) is 0 Å². The second-order valence-electron chi connectivity index (χ2n) is 3.94. The van der Waals surface area contributed by atoms with Crippen LogP contribution in [0, 0.1) is 0 Å². The highest BCUT2D eigenvalue weighted by atomic mass is 16.5. The molecule has 4 heteroatoms. The van der Waals surface area contributed by atoms with Crippen molar-refractivity contribution in [2.45, 2.75) is 12.8 Å². The van der Waals surface area contributed by atoms with Gasteiger partial charge in [0.1, 0.15) is 5.65 Å². The van der Waals surface area contributed by atoms with Crippen LogP contribution in [0.1, 0.15) is 11.3 Å². The number of aromatic amines is 1. The molecule has 1 aliphatic rings. The number of nitrogens with one attached hydrogen (secondary N) is 1. The molecule has 0 fully saturated rings. The molecule has 0 radical (unpaired) electrons. The maximum atomic E-state index is 9.46. The van der Waals surface area contributed by atoms with E-state index in [1.54, 1.807) is 6.20 Å². The molecule has 4 nitrogen and oxygen atoms in total. The third-order valence-electron chi connectivity index (χ3n) is 3.01. The van der Waals surface area contributed by atoms with Crippen molar-refractivity contribution in [3.8, 4) is 0 Å². The van der Waals surface area contributed by atoms with Crippen molar-refractivity contribution in [3.05, 3.63) is 29.6 Å². The fourth-order valence-corrected chi connectivity index (χ4v) is 2.22. The zero-order valence-corrected chi connectivity index (χ0v) is 8.40. The number of rotatable bonds is 0. The number of pyridine rings is 1. The van der Waals surface area contributed by atoms with Crippen LogP contribution in [0.3, 0.4) is 0 Å². The molecule has 0 saturated carbocycles. The lowest BCUT2D eigenvalue weighted by atomic mass is 10.1. The molecule has 1 aliphatic heterocycles. The molecule has 0 aromatic carbocycles. The molecule has 15 heavy (non-hydrogen) atoms. The molecule has 0 unspecified atom stereocenters. The van der Waals surface area contributed by atoms with E-state index in [1.807, 2.05) is 6.07 Å². The zero-order chi connectivity index (χ0) is 10.3. The molecule has 0 spiro atoms. The van der Waals surface area contributed by atoms with E-state index in [0.29, 0.717) is 13.1 Å². The van der Waals surface area contributed by atoms with Gasteiger partial charge < -0.3 is 10.2 Å². The van der Waals surface area contributed by atoms with Gasteiger partial charge in [-0.05, 0) is 24.1 Å². The Balaban J connectivity index is 2.15. The number of H-pyrrole nitrogens is 1. The summed E-state index contributed by atoms with van der Waals surface area (Å²) in [5.41, 5.74) is 3.50. The van der Waals surface area contributed by atoms with Crippen molar-refractivity contribution >= 4 is 11.0 Å². The first-order chi connectivity index (χ1) is 7.34. The summed E-state index contributed by atoms with van der Waals surface area (Å²) in [6, 6.07) is 4.04. The molecule has 2 aromatic heterocycles. The molecule has 0 bridgehead atoms. The summed E-state index contributed by atoms with van der Waals surface area (Å²) in [7, 11) is 0. The Kier molecular flexibility index (Phi) is 1.97. The Morgan fingerprint density at radius 1 is 1.33 bits per heavy atom. The highest BCUT2D eigenvalue weighted by Crippen LogP contribution is 2.23. The Morgan fingerprint density at radius 3 is 3.13 bits per heavy atom. The van der Waals surface area contributed by atoms with Crippen molar-refractivity contribution < 1.29 is 5.21 Å². The lowest BCUT2D eigenvalue weighted by Gasteiger charge is -2.09. The molecule has 3 heterocycles. The van der Waals surface area contributed by atoms with Gasteiger partial charge in [0, 0.05) is 36.8 Å². The van der Waals surface area contributed by atoms with Crippen LogP contribution in [0.4, 0.5) is 0 Å². The smallest absolute Gasteiger partial charge is 0.137 e. The molecule has 0 amide bonds. The van der Waals surface area contributed by atoms with Crippen LogP contribution in [0.25, 0.3) is 11.0 Å². The molecule has 78 valence electrons. The minimum Gasteiger partial charge on any atom is -0.343 e. The number of nitrogens with zero attached hydrogens (tertiary/aromatic N) is 2. The Morgan fingerprint density at radius 2 is 2.20 bits per heavy atom. The predicted octanol–water partition coefficient (Wildman–Crippen LogP) is 1.35. The average molecular weight is 203 g/mol. The average Bonchev–Trinajstić information content (AvgIpc) is 2.51. The summed E-state index contributed by atoms with van der Waals surface area (Å²) in [5.74, 6) is 0. The van der Waals surface area contributed by atoms with Crippen molar-refractivity contribution in [3.63, 3.8) is 0 Å². The van der Waals surface area contributed by atoms with Crippen LogP contribution in [-0.2, 0) is 12.8 Å². The Bertz CT molecular complexity index is 492. The van der Waals surface area contributed by atoms with Crippen LogP contribution in [0.2, 0.25) is 0 Å². The van der Waals surface area contributed by atoms with E-state index in [0.717, 1.165) is 18.5 Å². The Labute approximate surface area is 87.5 Å². The quantitative estimate of drug-likeness (QED) is 0.679. The summed E-state index contributed by atoms with van der Waals surface area (Å²) in [6.07, 6.45) is 3.55. The summed E-state index contributed by atoms with van der Waals surface area (Å²) >= 11 is 0. The maximum Gasteiger partial charge on any atom is 0.137 e. The summed E-state index contributed by atoms with van der Waals surface area (Å²) in [4.78, 5) is 7.63. The van der Waals surface area contributed by atoms with Crippen molar-refractivity contribution in [2.24, 2.45) is 0 Å². The van der Waals surface area contributed by atoms with Crippen LogP contribution < -0.4 is 0 Å². The minimum absolute atomic E-state index is 0.694. The van der Waals surface area contributed by atoms with E-state index >= 15 is 0 Å². The van der Waals surface area contributed by atoms with E-state index in [-0.39, 0.29) is 0 Å². The van der Waals surface area contributed by atoms with E-state index in [9.17, 15) is 5.21 Å². The summed E-state index contributed by atoms with van der Waals surface area (Å²) in [6.45, 7) is 1.40. The second kappa shape index (κ2) is 3.32. The molecular weight excluding hydrogens is 190 g/mol. The first kappa shape index (κ1) is 8.88. The highest BCUT2D eigenvalue weighted by Gasteiger charge is 2.16. The van der Waals surface area contributed by atoms with E-state index in [4.69, 9.17) is 0 Å². The lowest BCUT2D eigenvalue weighted by Crippen LogP contribution is -2.21. The van der Waals surface area contributed by atoms with Gasteiger partial charge in [-0.2, -0.15) is 5.06 Å². The number of hydrogen-bond acceptors (Lipinski definition) is 3. The van der Waals surface area contributed by atoms with Crippen molar-refractivity contribution in [1.29, 1.82) is 0 Å². The van der Waals surface area contributed by atoms with E-state index in [2.05, 4.69) is 16.0 Å². The predicted molar refractivity (Wildman–Crippen MR) is 56.9 cm³/mol. The third-order valence-corrected chi connectivity index (χ3v) is 3.01. The Hall–Kier alpha value is -1.39.